The zero-order chi connectivity index (χ0) is 20.1. The van der Waals surface area contributed by atoms with E-state index in [1.807, 2.05) is 25.1 Å². The summed E-state index contributed by atoms with van der Waals surface area (Å²) in [6.07, 6.45) is 3.23. The molecule has 2 aromatic carbocycles. The molecule has 5 nitrogen and oxygen atoms in total. The van der Waals surface area contributed by atoms with Crippen LogP contribution in [0.3, 0.4) is 0 Å². The molecule has 0 aliphatic heterocycles. The van der Waals surface area contributed by atoms with Crippen LogP contribution < -0.4 is 5.56 Å². The highest BCUT2D eigenvalue weighted by molar-refractivity contribution is 6.32. The van der Waals surface area contributed by atoms with E-state index < -0.39 is 0 Å². The first-order valence-corrected chi connectivity index (χ1v) is 9.33. The number of pyridine rings is 1. The van der Waals surface area contributed by atoms with Crippen molar-refractivity contribution in [2.75, 3.05) is 0 Å². The first-order chi connectivity index (χ1) is 14.0. The molecule has 142 valence electrons. The topological polar surface area (TPSA) is 52.2 Å². The highest BCUT2D eigenvalue weighted by Crippen LogP contribution is 2.29. The van der Waals surface area contributed by atoms with Crippen molar-refractivity contribution in [2.45, 2.75) is 6.92 Å². The van der Waals surface area contributed by atoms with Crippen molar-refractivity contribution >= 4 is 28.2 Å². The Bertz CT molecular complexity index is 1450. The van der Waals surface area contributed by atoms with Gasteiger partial charge < -0.3 is 0 Å². The predicted molar refractivity (Wildman–Crippen MR) is 111 cm³/mol. The zero-order valence-corrected chi connectivity index (χ0v) is 16.1. The summed E-state index contributed by atoms with van der Waals surface area (Å²) in [6, 6.07) is 15.2. The number of nitrogens with zero attached hydrogens (tertiary/aromatic N) is 4. The van der Waals surface area contributed by atoms with Gasteiger partial charge in [0.15, 0.2) is 5.65 Å². The second kappa shape index (κ2) is 6.53. The van der Waals surface area contributed by atoms with Gasteiger partial charge >= 0.3 is 0 Å². The van der Waals surface area contributed by atoms with Crippen LogP contribution in [0.15, 0.2) is 71.8 Å². The molecular formula is C22H14ClFN4O. The molecule has 0 saturated heterocycles. The van der Waals surface area contributed by atoms with Crippen molar-refractivity contribution in [3.63, 3.8) is 0 Å². The van der Waals surface area contributed by atoms with E-state index in [4.69, 9.17) is 11.6 Å². The molecule has 5 rings (SSSR count). The lowest BCUT2D eigenvalue weighted by Gasteiger charge is -2.09. The van der Waals surface area contributed by atoms with Crippen LogP contribution in [-0.4, -0.2) is 19.2 Å². The van der Waals surface area contributed by atoms with Gasteiger partial charge in [-0.15, -0.1) is 0 Å². The molecular weight excluding hydrogens is 391 g/mol. The van der Waals surface area contributed by atoms with Crippen molar-refractivity contribution in [2.24, 2.45) is 0 Å². The number of benzene rings is 2. The van der Waals surface area contributed by atoms with Gasteiger partial charge in [0.05, 0.1) is 27.3 Å². The maximum Gasteiger partial charge on any atom is 0.266 e. The molecule has 0 radical (unpaired) electrons. The smallest absolute Gasteiger partial charge is 0.266 e. The molecule has 0 aliphatic carbocycles. The molecule has 29 heavy (non-hydrogen) atoms. The third kappa shape index (κ3) is 2.72. The van der Waals surface area contributed by atoms with Gasteiger partial charge in [-0.25, -0.2) is 13.9 Å². The standard InChI is InChI=1S/C22H14ClFN4O/c1-13-20(14-6-8-15(24)9-7-14)21-25-12-16-18(28(21)26-13)10-11-27(22(16)29)19-5-3-2-4-17(19)23/h2-12H,1H3. The van der Waals surface area contributed by atoms with E-state index in [0.717, 1.165) is 16.8 Å². The summed E-state index contributed by atoms with van der Waals surface area (Å²) in [5.74, 6) is -0.304. The highest BCUT2D eigenvalue weighted by Gasteiger charge is 2.17. The minimum absolute atomic E-state index is 0.235. The van der Waals surface area contributed by atoms with E-state index in [1.54, 1.807) is 41.2 Å². The second-order valence-electron chi connectivity index (χ2n) is 6.70. The summed E-state index contributed by atoms with van der Waals surface area (Å²) in [5, 5.41) is 5.49. The van der Waals surface area contributed by atoms with E-state index in [2.05, 4.69) is 10.1 Å². The summed E-state index contributed by atoms with van der Waals surface area (Å²) in [7, 11) is 0. The molecule has 0 saturated carbocycles. The Kier molecular flexibility index (Phi) is 3.96. The summed E-state index contributed by atoms with van der Waals surface area (Å²) in [5.41, 5.74) is 3.98. The Hall–Kier alpha value is -3.51. The zero-order valence-electron chi connectivity index (χ0n) is 15.3. The van der Waals surface area contributed by atoms with Gasteiger partial charge in [-0.05, 0) is 42.8 Å². The molecule has 0 aliphatic rings. The van der Waals surface area contributed by atoms with Gasteiger partial charge in [-0.1, -0.05) is 35.9 Å². The van der Waals surface area contributed by atoms with E-state index in [1.165, 1.54) is 16.7 Å². The molecule has 0 spiro atoms. The van der Waals surface area contributed by atoms with Crippen LogP contribution in [0.5, 0.6) is 0 Å². The van der Waals surface area contributed by atoms with Gasteiger partial charge in [0.2, 0.25) is 0 Å². The van der Waals surface area contributed by atoms with Crippen molar-refractivity contribution < 1.29 is 4.39 Å². The maximum atomic E-state index is 13.3. The number of hydrogen-bond donors (Lipinski definition) is 0. The number of aryl methyl sites for hydroxylation is 1. The van der Waals surface area contributed by atoms with Crippen LogP contribution in [0.25, 0.3) is 33.4 Å². The van der Waals surface area contributed by atoms with E-state index in [0.29, 0.717) is 27.3 Å². The fourth-order valence-electron chi connectivity index (χ4n) is 3.57. The first kappa shape index (κ1) is 17.6. The average Bonchev–Trinajstić information content (AvgIpc) is 3.06. The molecule has 5 aromatic rings. The molecule has 3 heterocycles. The Morgan fingerprint density at radius 1 is 1.03 bits per heavy atom. The van der Waals surface area contributed by atoms with Crippen LogP contribution in [0.1, 0.15) is 5.69 Å². The molecule has 3 aromatic heterocycles. The number of hydrogen-bond acceptors (Lipinski definition) is 3. The Morgan fingerprint density at radius 2 is 1.79 bits per heavy atom. The third-order valence-electron chi connectivity index (χ3n) is 4.93. The maximum absolute atomic E-state index is 13.3. The highest BCUT2D eigenvalue weighted by atomic mass is 35.5. The van der Waals surface area contributed by atoms with Crippen LogP contribution >= 0.6 is 11.6 Å². The largest absolute Gasteiger partial charge is 0.282 e. The van der Waals surface area contributed by atoms with Crippen molar-refractivity contribution in [1.82, 2.24) is 19.2 Å². The van der Waals surface area contributed by atoms with Crippen molar-refractivity contribution in [1.29, 1.82) is 0 Å². The van der Waals surface area contributed by atoms with Crippen LogP contribution in [0.4, 0.5) is 4.39 Å². The summed E-state index contributed by atoms with van der Waals surface area (Å²) in [4.78, 5) is 17.6. The van der Waals surface area contributed by atoms with Crippen molar-refractivity contribution in [3.05, 3.63) is 93.9 Å². The van der Waals surface area contributed by atoms with E-state index >= 15 is 0 Å². The van der Waals surface area contributed by atoms with Gasteiger partial charge in [0, 0.05) is 18.0 Å². The lowest BCUT2D eigenvalue weighted by Crippen LogP contribution is -2.19. The van der Waals surface area contributed by atoms with E-state index in [-0.39, 0.29) is 11.4 Å². The summed E-state index contributed by atoms with van der Waals surface area (Å²) in [6.45, 7) is 1.87. The van der Waals surface area contributed by atoms with Gasteiger partial charge in [-0.3, -0.25) is 9.36 Å². The molecule has 0 unspecified atom stereocenters. The van der Waals surface area contributed by atoms with Crippen LogP contribution in [0.2, 0.25) is 5.02 Å². The summed E-state index contributed by atoms with van der Waals surface area (Å²) < 4.78 is 16.5. The Morgan fingerprint density at radius 3 is 2.55 bits per heavy atom. The second-order valence-corrected chi connectivity index (χ2v) is 7.11. The molecule has 0 N–H and O–H groups in total. The number of aromatic nitrogens is 4. The predicted octanol–water partition coefficient (Wildman–Crippen LogP) is 4.80. The number of rotatable bonds is 2. The number of para-hydroxylation sites is 1. The molecule has 7 heteroatoms. The van der Waals surface area contributed by atoms with Gasteiger partial charge in [-0.2, -0.15) is 5.10 Å². The normalized spacial score (nSPS) is 11.4. The monoisotopic (exact) mass is 404 g/mol. The number of fused-ring (bicyclic) bond motifs is 3. The SMILES string of the molecule is Cc1nn2c(ncc3c(=O)n(-c4ccccc4Cl)ccc32)c1-c1ccc(F)cc1. The lowest BCUT2D eigenvalue weighted by molar-refractivity contribution is 0.628. The lowest BCUT2D eigenvalue weighted by atomic mass is 10.1. The molecule has 0 amide bonds. The third-order valence-corrected chi connectivity index (χ3v) is 5.25. The molecule has 0 fully saturated rings. The number of halogens is 2. The van der Waals surface area contributed by atoms with E-state index in [9.17, 15) is 9.18 Å². The minimum Gasteiger partial charge on any atom is -0.282 e. The Balaban J connectivity index is 1.78. The molecule has 0 bridgehead atoms. The van der Waals surface area contributed by atoms with Crippen molar-refractivity contribution in [3.8, 4) is 16.8 Å². The fourth-order valence-corrected chi connectivity index (χ4v) is 3.79. The quantitative estimate of drug-likeness (QED) is 0.424. The average molecular weight is 405 g/mol. The fraction of sp³-hybridized carbons (Fsp3) is 0.0455. The Labute approximate surface area is 169 Å². The van der Waals surface area contributed by atoms with Gasteiger partial charge in [0.25, 0.3) is 5.56 Å². The summed E-state index contributed by atoms with van der Waals surface area (Å²) >= 11 is 6.26. The molecule has 0 atom stereocenters. The first-order valence-electron chi connectivity index (χ1n) is 8.95. The van der Waals surface area contributed by atoms with Crippen LogP contribution in [-0.2, 0) is 0 Å². The van der Waals surface area contributed by atoms with Crippen LogP contribution in [0, 0.1) is 12.7 Å². The minimum atomic E-state index is -0.304. The van der Waals surface area contributed by atoms with Gasteiger partial charge in [0.1, 0.15) is 5.82 Å².